The minimum absolute atomic E-state index is 0.00806. The van der Waals surface area contributed by atoms with Crippen LogP contribution in [0.2, 0.25) is 0 Å². The molecule has 1 unspecified atom stereocenters. The summed E-state index contributed by atoms with van der Waals surface area (Å²) in [6.07, 6.45) is 4.97. The topological polar surface area (TPSA) is 36.2 Å². The Morgan fingerprint density at radius 3 is 2.94 bits per heavy atom. The average molecular weight is 227 g/mol. The van der Waals surface area contributed by atoms with Gasteiger partial charge in [-0.3, -0.25) is 0 Å². The Labute approximate surface area is 99.9 Å². The number of fused-ring (bicyclic) bond motifs is 1. The molecule has 3 rings (SSSR count). The van der Waals surface area contributed by atoms with Crippen LogP contribution in [0, 0.1) is 5.21 Å². The van der Waals surface area contributed by atoms with Crippen LogP contribution in [0.3, 0.4) is 0 Å². The predicted octanol–water partition coefficient (Wildman–Crippen LogP) is 2.39. The summed E-state index contributed by atoms with van der Waals surface area (Å²) < 4.78 is 6.74. The van der Waals surface area contributed by atoms with Gasteiger partial charge in [-0.05, 0) is 30.5 Å². The molecule has 2 aromatic rings. The van der Waals surface area contributed by atoms with Crippen molar-refractivity contribution in [1.29, 1.82) is 0 Å². The molecule has 0 fully saturated rings. The number of benzene rings is 1. The summed E-state index contributed by atoms with van der Waals surface area (Å²) in [7, 11) is 0. The Morgan fingerprint density at radius 2 is 2.06 bits per heavy atom. The molecule has 0 saturated carbocycles. The van der Waals surface area contributed by atoms with Crippen LogP contribution < -0.4 is 9.47 Å². The molecule has 1 aromatic heterocycles. The van der Waals surface area contributed by atoms with E-state index in [2.05, 4.69) is 6.07 Å². The summed E-state index contributed by atoms with van der Waals surface area (Å²) in [6.45, 7) is 0. The maximum absolute atomic E-state index is 11.2. The monoisotopic (exact) mass is 227 g/mol. The molecule has 0 spiro atoms. The van der Waals surface area contributed by atoms with Crippen molar-refractivity contribution in [2.75, 3.05) is 0 Å². The number of rotatable bonds is 1. The summed E-state index contributed by atoms with van der Waals surface area (Å²) in [5, 5.41) is 11.2. The van der Waals surface area contributed by atoms with Crippen LogP contribution in [0.1, 0.15) is 23.7 Å². The lowest BCUT2D eigenvalue weighted by Gasteiger charge is -2.25. The van der Waals surface area contributed by atoms with Gasteiger partial charge in [0, 0.05) is 6.07 Å². The van der Waals surface area contributed by atoms with E-state index in [0.29, 0.717) is 0 Å². The summed E-state index contributed by atoms with van der Waals surface area (Å²) in [6, 6.07) is 11.8. The van der Waals surface area contributed by atoms with Crippen molar-refractivity contribution in [2.45, 2.75) is 18.9 Å². The van der Waals surface area contributed by atoms with E-state index in [1.54, 1.807) is 12.3 Å². The highest BCUT2D eigenvalue weighted by atomic mass is 16.5. The molecule has 2 heterocycles. The average Bonchev–Trinajstić information content (AvgIpc) is 2.38. The van der Waals surface area contributed by atoms with Crippen molar-refractivity contribution < 1.29 is 9.47 Å². The van der Waals surface area contributed by atoms with Gasteiger partial charge < -0.3 is 9.94 Å². The minimum atomic E-state index is -0.00806. The lowest BCUT2D eigenvalue weighted by Crippen LogP contribution is -2.27. The number of hydrogen-bond donors (Lipinski definition) is 0. The second kappa shape index (κ2) is 4.09. The standard InChI is InChI=1S/C14H13NO2/c16-15-9-3-5-12(10-15)14-8-7-11-4-1-2-6-13(11)17-14/h1-6,9-10,14H,7-8H2. The number of para-hydroxylation sites is 1. The van der Waals surface area contributed by atoms with E-state index in [9.17, 15) is 5.21 Å². The van der Waals surface area contributed by atoms with Crippen LogP contribution in [0.5, 0.6) is 5.75 Å². The van der Waals surface area contributed by atoms with Crippen molar-refractivity contribution in [3.05, 3.63) is 65.1 Å². The van der Waals surface area contributed by atoms with Gasteiger partial charge in [0.15, 0.2) is 12.4 Å². The third kappa shape index (κ3) is 1.96. The smallest absolute Gasteiger partial charge is 0.187 e. The highest BCUT2D eigenvalue weighted by Gasteiger charge is 2.22. The zero-order valence-electron chi connectivity index (χ0n) is 9.37. The van der Waals surface area contributed by atoms with E-state index >= 15 is 0 Å². The number of nitrogens with zero attached hydrogens (tertiary/aromatic N) is 1. The summed E-state index contributed by atoms with van der Waals surface area (Å²) in [5.74, 6) is 0.935. The fraction of sp³-hybridized carbons (Fsp3) is 0.214. The molecule has 86 valence electrons. The first-order valence-corrected chi connectivity index (χ1v) is 5.76. The Bertz CT molecular complexity index is 539. The molecule has 0 bridgehead atoms. The maximum atomic E-state index is 11.2. The van der Waals surface area contributed by atoms with Gasteiger partial charge >= 0.3 is 0 Å². The quantitative estimate of drug-likeness (QED) is 0.554. The lowest BCUT2D eigenvalue weighted by atomic mass is 9.98. The summed E-state index contributed by atoms with van der Waals surface area (Å²) >= 11 is 0. The first kappa shape index (κ1) is 10.1. The highest BCUT2D eigenvalue weighted by Crippen LogP contribution is 2.33. The third-order valence-corrected chi connectivity index (χ3v) is 3.09. The normalized spacial score (nSPS) is 18.2. The van der Waals surface area contributed by atoms with Crippen molar-refractivity contribution in [1.82, 2.24) is 0 Å². The van der Waals surface area contributed by atoms with E-state index in [-0.39, 0.29) is 6.10 Å². The number of hydrogen-bond acceptors (Lipinski definition) is 2. The second-order valence-electron chi connectivity index (χ2n) is 4.25. The van der Waals surface area contributed by atoms with Gasteiger partial charge in [-0.25, -0.2) is 0 Å². The Hall–Kier alpha value is -2.03. The van der Waals surface area contributed by atoms with Crippen LogP contribution in [0.25, 0.3) is 0 Å². The van der Waals surface area contributed by atoms with E-state index < -0.39 is 0 Å². The van der Waals surface area contributed by atoms with Crippen LogP contribution in [-0.4, -0.2) is 0 Å². The number of aromatic nitrogens is 1. The lowest BCUT2D eigenvalue weighted by molar-refractivity contribution is -0.606. The largest absolute Gasteiger partial charge is 0.619 e. The molecule has 3 heteroatoms. The van der Waals surface area contributed by atoms with Crippen molar-refractivity contribution in [3.63, 3.8) is 0 Å². The minimum Gasteiger partial charge on any atom is -0.619 e. The summed E-state index contributed by atoms with van der Waals surface area (Å²) in [4.78, 5) is 0. The van der Waals surface area contributed by atoms with Gasteiger partial charge in [0.1, 0.15) is 11.9 Å². The molecule has 0 radical (unpaired) electrons. The fourth-order valence-electron chi connectivity index (χ4n) is 2.22. The first-order chi connectivity index (χ1) is 8.33. The van der Waals surface area contributed by atoms with Crippen molar-refractivity contribution in [3.8, 4) is 5.75 Å². The van der Waals surface area contributed by atoms with Gasteiger partial charge in [0.05, 0.1) is 5.56 Å². The number of aryl methyl sites for hydroxylation is 1. The van der Waals surface area contributed by atoms with E-state index in [1.807, 2.05) is 24.3 Å². The molecule has 1 aliphatic rings. The first-order valence-electron chi connectivity index (χ1n) is 5.76. The molecule has 0 aliphatic carbocycles. The summed E-state index contributed by atoms with van der Waals surface area (Å²) in [5.41, 5.74) is 2.19. The molecule has 0 amide bonds. The van der Waals surface area contributed by atoms with E-state index in [0.717, 1.165) is 28.9 Å². The Morgan fingerprint density at radius 1 is 1.18 bits per heavy atom. The van der Waals surface area contributed by atoms with Gasteiger partial charge in [0.25, 0.3) is 0 Å². The maximum Gasteiger partial charge on any atom is 0.187 e. The van der Waals surface area contributed by atoms with Gasteiger partial charge in [-0.1, -0.05) is 18.2 Å². The van der Waals surface area contributed by atoms with Crippen LogP contribution >= 0.6 is 0 Å². The molecule has 1 aromatic carbocycles. The Kier molecular flexibility index (Phi) is 2.44. The van der Waals surface area contributed by atoms with Gasteiger partial charge in [-0.2, -0.15) is 4.73 Å². The highest BCUT2D eigenvalue weighted by molar-refractivity contribution is 5.36. The predicted molar refractivity (Wildman–Crippen MR) is 63.5 cm³/mol. The van der Waals surface area contributed by atoms with Gasteiger partial charge in [0.2, 0.25) is 0 Å². The molecular formula is C14H13NO2. The molecule has 3 nitrogen and oxygen atoms in total. The fourth-order valence-corrected chi connectivity index (χ4v) is 2.22. The van der Waals surface area contributed by atoms with Crippen LogP contribution in [0.4, 0.5) is 0 Å². The zero-order valence-corrected chi connectivity index (χ0v) is 9.37. The molecule has 0 saturated heterocycles. The van der Waals surface area contributed by atoms with Gasteiger partial charge in [-0.15, -0.1) is 0 Å². The number of ether oxygens (including phenoxy) is 1. The molecule has 0 N–H and O–H groups in total. The van der Waals surface area contributed by atoms with E-state index in [4.69, 9.17) is 4.74 Å². The van der Waals surface area contributed by atoms with Crippen molar-refractivity contribution in [2.24, 2.45) is 0 Å². The third-order valence-electron chi connectivity index (χ3n) is 3.09. The molecule has 17 heavy (non-hydrogen) atoms. The van der Waals surface area contributed by atoms with Crippen LogP contribution in [-0.2, 0) is 6.42 Å². The SMILES string of the molecule is [O-][n+]1cccc(C2CCc3ccccc3O2)c1. The number of pyridine rings is 1. The molecule has 1 aliphatic heterocycles. The second-order valence-corrected chi connectivity index (χ2v) is 4.25. The molecule has 1 atom stereocenters. The van der Waals surface area contributed by atoms with Crippen LogP contribution in [0.15, 0.2) is 48.8 Å². The Balaban J connectivity index is 1.89. The molecular weight excluding hydrogens is 214 g/mol. The zero-order chi connectivity index (χ0) is 11.7. The van der Waals surface area contributed by atoms with Crippen molar-refractivity contribution >= 4 is 0 Å². The van der Waals surface area contributed by atoms with E-state index in [1.165, 1.54) is 11.8 Å².